The highest BCUT2D eigenvalue weighted by atomic mass is 32.2. The van der Waals surface area contributed by atoms with Crippen LogP contribution in [0.3, 0.4) is 0 Å². The predicted molar refractivity (Wildman–Crippen MR) is 69.6 cm³/mol. The van der Waals surface area contributed by atoms with E-state index in [0.717, 1.165) is 13.0 Å². The fourth-order valence-corrected chi connectivity index (χ4v) is 2.36. The number of sulfone groups is 1. The first-order chi connectivity index (χ1) is 7.31. The molecule has 0 heterocycles. The number of rotatable bonds is 8. The molecular formula is C11H26N2O2S. The van der Waals surface area contributed by atoms with Gasteiger partial charge in [0.1, 0.15) is 9.84 Å². The highest BCUT2D eigenvalue weighted by Gasteiger charge is 2.19. The van der Waals surface area contributed by atoms with E-state index >= 15 is 0 Å². The Morgan fingerprint density at radius 3 is 2.25 bits per heavy atom. The van der Waals surface area contributed by atoms with E-state index in [1.54, 1.807) is 0 Å². The molecule has 0 aromatic carbocycles. The number of hydrogen-bond donors (Lipinski definition) is 1. The van der Waals surface area contributed by atoms with Gasteiger partial charge in [0.15, 0.2) is 0 Å². The maximum Gasteiger partial charge on any atom is 0.148 e. The molecule has 0 aliphatic heterocycles. The first-order valence-electron chi connectivity index (χ1n) is 5.93. The first-order valence-corrected chi connectivity index (χ1v) is 7.99. The molecule has 5 heteroatoms. The Balaban J connectivity index is 4.19. The maximum atomic E-state index is 11.1. The lowest BCUT2D eigenvalue weighted by molar-refractivity contribution is 0.214. The van der Waals surface area contributed by atoms with E-state index in [2.05, 4.69) is 31.0 Å². The van der Waals surface area contributed by atoms with Crippen molar-refractivity contribution in [1.29, 1.82) is 0 Å². The molecule has 0 amide bonds. The third-order valence-electron chi connectivity index (χ3n) is 3.00. The second-order valence-electron chi connectivity index (χ2n) is 4.42. The Morgan fingerprint density at radius 2 is 1.88 bits per heavy atom. The second-order valence-corrected chi connectivity index (χ2v) is 6.68. The van der Waals surface area contributed by atoms with Crippen molar-refractivity contribution in [2.24, 2.45) is 0 Å². The van der Waals surface area contributed by atoms with Crippen LogP contribution in [0, 0.1) is 0 Å². The van der Waals surface area contributed by atoms with Crippen molar-refractivity contribution in [2.45, 2.75) is 39.3 Å². The maximum absolute atomic E-state index is 11.1. The molecule has 0 bridgehead atoms. The van der Waals surface area contributed by atoms with Gasteiger partial charge in [-0.3, -0.25) is 0 Å². The molecule has 0 saturated heterocycles. The molecule has 1 N–H and O–H groups in total. The Labute approximate surface area is 100 Å². The second kappa shape index (κ2) is 7.25. The van der Waals surface area contributed by atoms with Gasteiger partial charge in [-0.15, -0.1) is 0 Å². The van der Waals surface area contributed by atoms with Crippen molar-refractivity contribution < 1.29 is 8.42 Å². The Hall–Kier alpha value is -0.130. The van der Waals surface area contributed by atoms with Crippen LogP contribution in [0.2, 0.25) is 0 Å². The molecule has 98 valence electrons. The summed E-state index contributed by atoms with van der Waals surface area (Å²) >= 11 is 0. The van der Waals surface area contributed by atoms with Crippen LogP contribution in [-0.2, 0) is 9.84 Å². The molecule has 2 unspecified atom stereocenters. The van der Waals surface area contributed by atoms with Crippen molar-refractivity contribution in [3.63, 3.8) is 0 Å². The summed E-state index contributed by atoms with van der Waals surface area (Å²) in [5.74, 6) is 0.233. The largest absolute Gasteiger partial charge is 0.313 e. The Kier molecular flexibility index (Phi) is 7.19. The lowest BCUT2D eigenvalue weighted by atomic mass is 10.1. The van der Waals surface area contributed by atoms with Crippen LogP contribution in [0.25, 0.3) is 0 Å². The van der Waals surface area contributed by atoms with Crippen molar-refractivity contribution in [3.05, 3.63) is 0 Å². The molecule has 0 aromatic heterocycles. The van der Waals surface area contributed by atoms with E-state index < -0.39 is 9.84 Å². The van der Waals surface area contributed by atoms with Gasteiger partial charge in [-0.25, -0.2) is 8.42 Å². The minimum atomic E-state index is -2.86. The minimum Gasteiger partial charge on any atom is -0.313 e. The van der Waals surface area contributed by atoms with Crippen LogP contribution in [0.5, 0.6) is 0 Å². The third-order valence-corrected chi connectivity index (χ3v) is 3.92. The van der Waals surface area contributed by atoms with E-state index in [1.165, 1.54) is 6.26 Å². The van der Waals surface area contributed by atoms with Crippen molar-refractivity contribution in [2.75, 3.05) is 32.1 Å². The van der Waals surface area contributed by atoms with Crippen LogP contribution in [0.4, 0.5) is 0 Å². The van der Waals surface area contributed by atoms with Gasteiger partial charge in [-0.1, -0.05) is 13.8 Å². The molecule has 0 saturated carbocycles. The van der Waals surface area contributed by atoms with E-state index in [0.29, 0.717) is 18.6 Å². The molecule has 16 heavy (non-hydrogen) atoms. The third kappa shape index (κ3) is 6.45. The zero-order valence-electron chi connectivity index (χ0n) is 11.2. The monoisotopic (exact) mass is 250 g/mol. The summed E-state index contributed by atoms with van der Waals surface area (Å²) in [6, 6.07) is 0.779. The number of hydrogen-bond acceptors (Lipinski definition) is 4. The minimum absolute atomic E-state index is 0.233. The molecule has 0 fully saturated rings. The quantitative estimate of drug-likeness (QED) is 0.690. The van der Waals surface area contributed by atoms with Crippen LogP contribution >= 0.6 is 0 Å². The summed E-state index contributed by atoms with van der Waals surface area (Å²) in [6.45, 7) is 7.92. The molecular weight excluding hydrogens is 224 g/mol. The van der Waals surface area contributed by atoms with Crippen molar-refractivity contribution >= 4 is 9.84 Å². The fraction of sp³-hybridized carbons (Fsp3) is 1.00. The van der Waals surface area contributed by atoms with E-state index in [4.69, 9.17) is 0 Å². The lowest BCUT2D eigenvalue weighted by Crippen LogP contribution is -2.47. The van der Waals surface area contributed by atoms with E-state index in [-0.39, 0.29) is 5.75 Å². The van der Waals surface area contributed by atoms with Crippen LogP contribution in [-0.4, -0.2) is 57.5 Å². The normalized spacial score (nSPS) is 16.4. The van der Waals surface area contributed by atoms with Gasteiger partial charge >= 0.3 is 0 Å². The van der Waals surface area contributed by atoms with Gasteiger partial charge in [0, 0.05) is 24.9 Å². The van der Waals surface area contributed by atoms with Crippen molar-refractivity contribution in [1.82, 2.24) is 10.2 Å². The zero-order valence-corrected chi connectivity index (χ0v) is 12.0. The fourth-order valence-electron chi connectivity index (χ4n) is 1.74. The SMILES string of the molecule is CCNC(CC)C(C)N(C)CCS(C)(=O)=O. The van der Waals surface area contributed by atoms with Gasteiger partial charge in [0.25, 0.3) is 0 Å². The summed E-state index contributed by atoms with van der Waals surface area (Å²) < 4.78 is 22.2. The summed E-state index contributed by atoms with van der Waals surface area (Å²) in [4.78, 5) is 2.11. The number of nitrogens with one attached hydrogen (secondary N) is 1. The molecule has 0 rings (SSSR count). The Morgan fingerprint density at radius 1 is 1.31 bits per heavy atom. The molecule has 0 spiro atoms. The smallest absolute Gasteiger partial charge is 0.148 e. The molecule has 0 aromatic rings. The molecule has 0 aliphatic rings. The van der Waals surface area contributed by atoms with Gasteiger partial charge in [-0.2, -0.15) is 0 Å². The standard InChI is InChI=1S/C11H26N2O2S/c1-6-11(12-7-2)10(3)13(4)8-9-16(5,14)15/h10-12H,6-9H2,1-5H3. The average Bonchev–Trinajstić information content (AvgIpc) is 2.20. The Bertz CT molecular complexity index is 278. The number of likely N-dealkylation sites (N-methyl/N-ethyl adjacent to an activating group) is 2. The highest BCUT2D eigenvalue weighted by molar-refractivity contribution is 7.90. The van der Waals surface area contributed by atoms with Gasteiger partial charge in [-0.05, 0) is 26.9 Å². The zero-order chi connectivity index (χ0) is 12.8. The number of nitrogens with zero attached hydrogens (tertiary/aromatic N) is 1. The summed E-state index contributed by atoms with van der Waals surface area (Å²) in [5.41, 5.74) is 0. The highest BCUT2D eigenvalue weighted by Crippen LogP contribution is 2.05. The predicted octanol–water partition coefficient (Wildman–Crippen LogP) is 0.739. The van der Waals surface area contributed by atoms with Crippen molar-refractivity contribution in [3.8, 4) is 0 Å². The van der Waals surface area contributed by atoms with Gasteiger partial charge in [0.05, 0.1) is 5.75 Å². The summed E-state index contributed by atoms with van der Waals surface area (Å²) in [5, 5.41) is 3.42. The van der Waals surface area contributed by atoms with Crippen LogP contribution in [0.1, 0.15) is 27.2 Å². The van der Waals surface area contributed by atoms with Gasteiger partial charge < -0.3 is 10.2 Å². The molecule has 4 nitrogen and oxygen atoms in total. The topological polar surface area (TPSA) is 49.4 Å². The molecule has 2 atom stereocenters. The summed E-state index contributed by atoms with van der Waals surface area (Å²) in [6.07, 6.45) is 2.34. The molecule has 0 radical (unpaired) electrons. The van der Waals surface area contributed by atoms with Gasteiger partial charge in [0.2, 0.25) is 0 Å². The van der Waals surface area contributed by atoms with Crippen LogP contribution in [0.15, 0.2) is 0 Å². The van der Waals surface area contributed by atoms with Crippen LogP contribution < -0.4 is 5.32 Å². The average molecular weight is 250 g/mol. The van der Waals surface area contributed by atoms with E-state index in [1.807, 2.05) is 7.05 Å². The summed E-state index contributed by atoms with van der Waals surface area (Å²) in [7, 11) is -0.877. The lowest BCUT2D eigenvalue weighted by Gasteiger charge is -2.31. The first kappa shape index (κ1) is 15.9. The molecule has 0 aliphatic carbocycles. The van der Waals surface area contributed by atoms with E-state index in [9.17, 15) is 8.42 Å².